The average Bonchev–Trinajstić information content (AvgIpc) is 2.83. The Hall–Kier alpha value is -1.78. The van der Waals surface area contributed by atoms with E-state index in [0.29, 0.717) is 0 Å². The van der Waals surface area contributed by atoms with Gasteiger partial charge in [-0.1, -0.05) is 30.3 Å². The number of rotatable bonds is 3. The molecule has 2 nitrogen and oxygen atoms in total. The van der Waals surface area contributed by atoms with E-state index >= 15 is 0 Å². The van der Waals surface area contributed by atoms with Gasteiger partial charge in [-0.05, 0) is 30.2 Å². The van der Waals surface area contributed by atoms with Gasteiger partial charge in [0.2, 0.25) is 0 Å². The van der Waals surface area contributed by atoms with Gasteiger partial charge in [0.15, 0.2) is 0 Å². The predicted molar refractivity (Wildman–Crippen MR) is 76.7 cm³/mol. The molecule has 0 aliphatic carbocycles. The highest BCUT2D eigenvalue weighted by Gasteiger charge is 2.13. The maximum Gasteiger partial charge on any atom is 0.124 e. The zero-order chi connectivity index (χ0) is 13.2. The van der Waals surface area contributed by atoms with Crippen molar-refractivity contribution in [1.82, 2.24) is 4.98 Å². The van der Waals surface area contributed by atoms with Gasteiger partial charge in [0, 0.05) is 0 Å². The lowest BCUT2D eigenvalue weighted by molar-refractivity contribution is 0.630. The molecule has 0 amide bonds. The van der Waals surface area contributed by atoms with Crippen LogP contribution in [0.25, 0.3) is 10.2 Å². The number of halogens is 1. The first-order chi connectivity index (χ1) is 9.22. The highest BCUT2D eigenvalue weighted by atomic mass is 32.1. The molecule has 0 saturated carbocycles. The summed E-state index contributed by atoms with van der Waals surface area (Å²) in [4.78, 5) is 4.48. The Labute approximate surface area is 114 Å². The molecule has 0 saturated heterocycles. The van der Waals surface area contributed by atoms with E-state index in [9.17, 15) is 4.39 Å². The summed E-state index contributed by atoms with van der Waals surface area (Å²) in [6, 6.07) is 14.5. The van der Waals surface area contributed by atoms with E-state index in [1.807, 2.05) is 30.3 Å². The van der Waals surface area contributed by atoms with Crippen molar-refractivity contribution in [3.63, 3.8) is 0 Å². The molecule has 1 heterocycles. The van der Waals surface area contributed by atoms with Crippen LogP contribution in [-0.4, -0.2) is 4.98 Å². The Morgan fingerprint density at radius 1 is 1.16 bits per heavy atom. The minimum Gasteiger partial charge on any atom is -0.322 e. The Balaban J connectivity index is 1.87. The van der Waals surface area contributed by atoms with E-state index in [0.717, 1.165) is 21.6 Å². The summed E-state index contributed by atoms with van der Waals surface area (Å²) in [6.07, 6.45) is 0.739. The summed E-state index contributed by atoms with van der Waals surface area (Å²) < 4.78 is 14.0. The van der Waals surface area contributed by atoms with Crippen LogP contribution in [0.15, 0.2) is 48.5 Å². The van der Waals surface area contributed by atoms with Crippen LogP contribution in [0.3, 0.4) is 0 Å². The van der Waals surface area contributed by atoms with Gasteiger partial charge in [-0.3, -0.25) is 0 Å². The first-order valence-corrected chi connectivity index (χ1v) is 6.89. The topological polar surface area (TPSA) is 38.9 Å². The number of aromatic nitrogens is 1. The number of nitrogens with zero attached hydrogens (tertiary/aromatic N) is 1. The standard InChI is InChI=1S/C15H13FN2S/c16-11-6-7-13-14(9-11)19-15(18-13)12(17)8-10-4-2-1-3-5-10/h1-7,9,12H,8,17H2. The van der Waals surface area contributed by atoms with Crippen molar-refractivity contribution < 1.29 is 4.39 Å². The third-order valence-corrected chi connectivity index (χ3v) is 4.13. The fourth-order valence-electron chi connectivity index (χ4n) is 2.03. The smallest absolute Gasteiger partial charge is 0.124 e. The molecule has 3 rings (SSSR count). The Bertz CT molecular complexity index is 694. The molecule has 0 aliphatic heterocycles. The molecule has 1 aromatic heterocycles. The van der Waals surface area contributed by atoms with Crippen molar-refractivity contribution in [3.05, 3.63) is 64.9 Å². The molecule has 4 heteroatoms. The molecule has 2 N–H and O–H groups in total. The minimum absolute atomic E-state index is 0.150. The highest BCUT2D eigenvalue weighted by Crippen LogP contribution is 2.27. The van der Waals surface area contributed by atoms with Crippen LogP contribution in [0.2, 0.25) is 0 Å². The fraction of sp³-hybridized carbons (Fsp3) is 0.133. The van der Waals surface area contributed by atoms with Crippen LogP contribution >= 0.6 is 11.3 Å². The van der Waals surface area contributed by atoms with Crippen LogP contribution in [0.1, 0.15) is 16.6 Å². The molecule has 0 fully saturated rings. The lowest BCUT2D eigenvalue weighted by atomic mass is 10.1. The molecule has 96 valence electrons. The Morgan fingerprint density at radius 2 is 1.95 bits per heavy atom. The maximum absolute atomic E-state index is 13.1. The van der Waals surface area contributed by atoms with Crippen molar-refractivity contribution in [1.29, 1.82) is 0 Å². The molecule has 0 radical (unpaired) electrons. The van der Waals surface area contributed by atoms with Gasteiger partial charge in [-0.25, -0.2) is 9.37 Å². The van der Waals surface area contributed by atoms with Gasteiger partial charge in [0.05, 0.1) is 16.3 Å². The van der Waals surface area contributed by atoms with Crippen LogP contribution < -0.4 is 5.73 Å². The molecule has 1 unspecified atom stereocenters. The number of hydrogen-bond donors (Lipinski definition) is 1. The second-order valence-corrected chi connectivity index (χ2v) is 5.52. The summed E-state index contributed by atoms with van der Waals surface area (Å²) >= 11 is 1.46. The van der Waals surface area contributed by atoms with E-state index in [1.165, 1.54) is 29.0 Å². The van der Waals surface area contributed by atoms with E-state index in [-0.39, 0.29) is 11.9 Å². The SMILES string of the molecule is NC(Cc1ccccc1)c1nc2ccc(F)cc2s1. The second-order valence-electron chi connectivity index (χ2n) is 4.46. The van der Waals surface area contributed by atoms with Gasteiger partial charge >= 0.3 is 0 Å². The molecular weight excluding hydrogens is 259 g/mol. The third kappa shape index (κ3) is 2.64. The number of benzene rings is 2. The van der Waals surface area contributed by atoms with Gasteiger partial charge in [-0.2, -0.15) is 0 Å². The first-order valence-electron chi connectivity index (χ1n) is 6.08. The number of hydrogen-bond acceptors (Lipinski definition) is 3. The van der Waals surface area contributed by atoms with Crippen LogP contribution in [0.4, 0.5) is 4.39 Å². The van der Waals surface area contributed by atoms with Crippen molar-refractivity contribution >= 4 is 21.6 Å². The monoisotopic (exact) mass is 272 g/mol. The van der Waals surface area contributed by atoms with Gasteiger partial charge in [0.25, 0.3) is 0 Å². The quantitative estimate of drug-likeness (QED) is 0.790. The van der Waals surface area contributed by atoms with E-state index in [1.54, 1.807) is 6.07 Å². The van der Waals surface area contributed by atoms with Crippen molar-refractivity contribution in [2.45, 2.75) is 12.5 Å². The summed E-state index contributed by atoms with van der Waals surface area (Å²) in [5.74, 6) is -0.237. The molecular formula is C15H13FN2S. The molecule has 0 bridgehead atoms. The average molecular weight is 272 g/mol. The molecule has 0 aliphatic rings. The van der Waals surface area contributed by atoms with Crippen molar-refractivity contribution in [2.24, 2.45) is 5.73 Å². The normalized spacial score (nSPS) is 12.7. The third-order valence-electron chi connectivity index (χ3n) is 2.98. The van der Waals surface area contributed by atoms with Crippen molar-refractivity contribution in [3.8, 4) is 0 Å². The zero-order valence-electron chi connectivity index (χ0n) is 10.2. The largest absolute Gasteiger partial charge is 0.322 e. The first kappa shape index (κ1) is 12.3. The Morgan fingerprint density at radius 3 is 2.74 bits per heavy atom. The fourth-order valence-corrected chi connectivity index (χ4v) is 3.02. The second kappa shape index (κ2) is 5.07. The predicted octanol–water partition coefficient (Wildman–Crippen LogP) is 3.68. The van der Waals surface area contributed by atoms with E-state index in [2.05, 4.69) is 4.98 Å². The highest BCUT2D eigenvalue weighted by molar-refractivity contribution is 7.18. The number of fused-ring (bicyclic) bond motifs is 1. The minimum atomic E-state index is -0.237. The molecule has 19 heavy (non-hydrogen) atoms. The summed E-state index contributed by atoms with van der Waals surface area (Å²) in [7, 11) is 0. The van der Waals surface area contributed by atoms with Gasteiger partial charge in [0.1, 0.15) is 10.8 Å². The van der Waals surface area contributed by atoms with E-state index in [4.69, 9.17) is 5.73 Å². The number of thiazole rings is 1. The van der Waals surface area contributed by atoms with Gasteiger partial charge < -0.3 is 5.73 Å². The summed E-state index contributed by atoms with van der Waals surface area (Å²) in [5.41, 5.74) is 8.17. The lowest BCUT2D eigenvalue weighted by Gasteiger charge is -2.07. The molecule has 0 spiro atoms. The molecule has 1 atom stereocenters. The van der Waals surface area contributed by atoms with Gasteiger partial charge in [-0.15, -0.1) is 11.3 Å². The van der Waals surface area contributed by atoms with Crippen LogP contribution in [0, 0.1) is 5.82 Å². The number of nitrogens with two attached hydrogens (primary N) is 1. The maximum atomic E-state index is 13.1. The summed E-state index contributed by atoms with van der Waals surface area (Å²) in [6.45, 7) is 0. The van der Waals surface area contributed by atoms with E-state index < -0.39 is 0 Å². The lowest BCUT2D eigenvalue weighted by Crippen LogP contribution is -2.12. The van der Waals surface area contributed by atoms with Crippen LogP contribution in [-0.2, 0) is 6.42 Å². The molecule has 3 aromatic rings. The Kier molecular flexibility index (Phi) is 3.27. The van der Waals surface area contributed by atoms with Crippen molar-refractivity contribution in [2.75, 3.05) is 0 Å². The van der Waals surface area contributed by atoms with Crippen LogP contribution in [0.5, 0.6) is 0 Å². The molecule has 2 aromatic carbocycles. The summed E-state index contributed by atoms with van der Waals surface area (Å²) in [5, 5.41) is 0.851. The zero-order valence-corrected chi connectivity index (χ0v) is 11.0.